The van der Waals surface area contributed by atoms with E-state index in [2.05, 4.69) is 18.7 Å². The topological polar surface area (TPSA) is 66.6 Å². The van der Waals surface area contributed by atoms with Crippen molar-refractivity contribution in [2.45, 2.75) is 51.2 Å². The molecule has 0 saturated carbocycles. The summed E-state index contributed by atoms with van der Waals surface area (Å²) in [6, 6.07) is 0.255. The molecule has 0 spiro atoms. The summed E-state index contributed by atoms with van der Waals surface area (Å²) >= 11 is 0. The molecule has 0 radical (unpaired) electrons. The van der Waals surface area contributed by atoms with Crippen molar-refractivity contribution in [1.82, 2.24) is 4.90 Å². The van der Waals surface area contributed by atoms with Crippen LogP contribution in [0.4, 0.5) is 0 Å². The molecule has 0 aromatic carbocycles. The molecule has 1 saturated heterocycles. The second kappa shape index (κ2) is 4.75. The second-order valence-electron chi connectivity index (χ2n) is 4.13. The lowest BCUT2D eigenvalue weighted by Crippen LogP contribution is -2.46. The molecule has 4 nitrogen and oxygen atoms in total. The summed E-state index contributed by atoms with van der Waals surface area (Å²) in [6.45, 7) is 4.77. The Morgan fingerprint density at radius 1 is 1.64 bits per heavy atom. The Bertz CT molecular complexity index is 208. The normalized spacial score (nSPS) is 30.5. The Morgan fingerprint density at radius 3 is 2.79 bits per heavy atom. The molecule has 0 amide bonds. The van der Waals surface area contributed by atoms with Crippen LogP contribution in [0.5, 0.6) is 0 Å². The van der Waals surface area contributed by atoms with Crippen LogP contribution in [0.1, 0.15) is 33.1 Å². The maximum atomic E-state index is 10.6. The first-order chi connectivity index (χ1) is 6.56. The van der Waals surface area contributed by atoms with Gasteiger partial charge in [0.1, 0.15) is 6.04 Å². The van der Waals surface area contributed by atoms with Crippen LogP contribution in [0.3, 0.4) is 0 Å². The van der Waals surface area contributed by atoms with Gasteiger partial charge < -0.3 is 10.8 Å². The molecule has 3 unspecified atom stereocenters. The highest BCUT2D eigenvalue weighted by Crippen LogP contribution is 2.25. The highest BCUT2D eigenvalue weighted by atomic mass is 16.4. The van der Waals surface area contributed by atoms with Crippen LogP contribution in [-0.2, 0) is 4.79 Å². The smallest absolute Gasteiger partial charge is 0.321 e. The van der Waals surface area contributed by atoms with Crippen LogP contribution in [0, 0.1) is 0 Å². The molecule has 14 heavy (non-hydrogen) atoms. The fourth-order valence-corrected chi connectivity index (χ4v) is 2.20. The molecule has 82 valence electrons. The van der Waals surface area contributed by atoms with Crippen LogP contribution in [0.25, 0.3) is 0 Å². The highest BCUT2D eigenvalue weighted by molar-refractivity contribution is 5.73. The molecule has 0 aliphatic carbocycles. The molecular weight excluding hydrogens is 180 g/mol. The number of likely N-dealkylation sites (tertiary alicyclic amines) is 1. The first-order valence-electron chi connectivity index (χ1n) is 5.30. The number of aliphatic carboxylic acids is 1. The fourth-order valence-electron chi connectivity index (χ4n) is 2.20. The molecular formula is C10H20N2O2. The molecule has 4 heteroatoms. The number of hydrogen-bond acceptors (Lipinski definition) is 3. The highest BCUT2D eigenvalue weighted by Gasteiger charge is 2.31. The van der Waals surface area contributed by atoms with Gasteiger partial charge in [0.15, 0.2) is 0 Å². The Morgan fingerprint density at radius 2 is 2.29 bits per heavy atom. The number of carboxylic acids is 1. The van der Waals surface area contributed by atoms with Crippen molar-refractivity contribution < 1.29 is 9.90 Å². The third-order valence-electron chi connectivity index (χ3n) is 3.15. The summed E-state index contributed by atoms with van der Waals surface area (Å²) in [4.78, 5) is 12.9. The summed E-state index contributed by atoms with van der Waals surface area (Å²) in [5.74, 6) is -0.904. The van der Waals surface area contributed by atoms with Crippen molar-refractivity contribution in [3.05, 3.63) is 0 Å². The van der Waals surface area contributed by atoms with Gasteiger partial charge in [-0.1, -0.05) is 6.92 Å². The molecule has 1 rings (SSSR count). The summed E-state index contributed by atoms with van der Waals surface area (Å²) < 4.78 is 0. The third kappa shape index (κ3) is 2.45. The van der Waals surface area contributed by atoms with Gasteiger partial charge in [-0.15, -0.1) is 0 Å². The van der Waals surface area contributed by atoms with Gasteiger partial charge in [-0.3, -0.25) is 9.69 Å². The van der Waals surface area contributed by atoms with E-state index in [0.29, 0.717) is 18.6 Å². The first-order valence-corrected chi connectivity index (χ1v) is 5.30. The molecule has 0 aromatic rings. The van der Waals surface area contributed by atoms with Crippen molar-refractivity contribution in [3.8, 4) is 0 Å². The molecule has 1 aliphatic rings. The van der Waals surface area contributed by atoms with Gasteiger partial charge in [-0.2, -0.15) is 0 Å². The summed E-state index contributed by atoms with van der Waals surface area (Å²) in [7, 11) is 0. The quantitative estimate of drug-likeness (QED) is 0.699. The minimum absolute atomic E-state index is 0.477. The van der Waals surface area contributed by atoms with Crippen molar-refractivity contribution in [2.24, 2.45) is 5.73 Å². The van der Waals surface area contributed by atoms with E-state index in [1.54, 1.807) is 0 Å². The molecule has 1 fully saturated rings. The Labute approximate surface area is 85.1 Å². The lowest BCUT2D eigenvalue weighted by molar-refractivity contribution is -0.139. The lowest BCUT2D eigenvalue weighted by atomic mass is 10.1. The summed E-state index contributed by atoms with van der Waals surface area (Å²) in [6.07, 6.45) is 3.41. The zero-order valence-corrected chi connectivity index (χ0v) is 8.94. The number of nitrogens with two attached hydrogens (primary N) is 1. The van der Waals surface area contributed by atoms with Gasteiger partial charge in [0, 0.05) is 18.6 Å². The van der Waals surface area contributed by atoms with E-state index < -0.39 is 12.0 Å². The van der Waals surface area contributed by atoms with Crippen molar-refractivity contribution in [3.63, 3.8) is 0 Å². The predicted molar refractivity (Wildman–Crippen MR) is 55.1 cm³/mol. The molecule has 3 atom stereocenters. The van der Waals surface area contributed by atoms with Gasteiger partial charge >= 0.3 is 5.97 Å². The van der Waals surface area contributed by atoms with Gasteiger partial charge in [0.05, 0.1) is 0 Å². The van der Waals surface area contributed by atoms with Gasteiger partial charge in [-0.05, 0) is 26.2 Å². The van der Waals surface area contributed by atoms with Gasteiger partial charge in [0.25, 0.3) is 0 Å². The fraction of sp³-hybridized carbons (Fsp3) is 0.900. The van der Waals surface area contributed by atoms with E-state index in [1.807, 2.05) is 0 Å². The monoisotopic (exact) mass is 200 g/mol. The Balaban J connectivity index is 2.52. The molecule has 0 bridgehead atoms. The van der Waals surface area contributed by atoms with Gasteiger partial charge in [0.2, 0.25) is 0 Å². The third-order valence-corrected chi connectivity index (χ3v) is 3.15. The molecule has 0 aromatic heterocycles. The molecule has 1 heterocycles. The summed E-state index contributed by atoms with van der Waals surface area (Å²) in [5.41, 5.74) is 5.53. The Kier molecular flexibility index (Phi) is 3.89. The number of nitrogens with zero attached hydrogens (tertiary/aromatic N) is 1. The van der Waals surface area contributed by atoms with Crippen molar-refractivity contribution in [1.29, 1.82) is 0 Å². The largest absolute Gasteiger partial charge is 0.480 e. The number of rotatable bonds is 4. The molecule has 3 N–H and O–H groups in total. The first kappa shape index (κ1) is 11.5. The number of hydrogen-bond donors (Lipinski definition) is 2. The second-order valence-corrected chi connectivity index (χ2v) is 4.13. The standard InChI is InChI=1S/C10H20N2O2/c1-3-8-5-4-7(2)12(8)6-9(11)10(13)14/h7-9H,3-6,11H2,1-2H3,(H,13,14). The molecule has 1 aliphatic heterocycles. The van der Waals surface area contributed by atoms with Crippen molar-refractivity contribution in [2.75, 3.05) is 6.54 Å². The summed E-state index contributed by atoms with van der Waals surface area (Å²) in [5, 5.41) is 8.74. The number of carbonyl (C=O) groups is 1. The average Bonchev–Trinajstić information content (AvgIpc) is 2.47. The zero-order valence-electron chi connectivity index (χ0n) is 8.94. The van der Waals surface area contributed by atoms with E-state index in [0.717, 1.165) is 12.8 Å². The minimum atomic E-state index is -0.904. The van der Waals surface area contributed by atoms with Crippen LogP contribution >= 0.6 is 0 Å². The van der Waals surface area contributed by atoms with E-state index in [9.17, 15) is 4.79 Å². The van der Waals surface area contributed by atoms with E-state index in [1.165, 1.54) is 6.42 Å². The lowest BCUT2D eigenvalue weighted by Gasteiger charge is -2.28. The van der Waals surface area contributed by atoms with Gasteiger partial charge in [-0.25, -0.2) is 0 Å². The van der Waals surface area contributed by atoms with E-state index in [-0.39, 0.29) is 0 Å². The zero-order chi connectivity index (χ0) is 10.7. The average molecular weight is 200 g/mol. The minimum Gasteiger partial charge on any atom is -0.480 e. The van der Waals surface area contributed by atoms with Crippen molar-refractivity contribution >= 4 is 5.97 Å². The van der Waals surface area contributed by atoms with E-state index in [4.69, 9.17) is 10.8 Å². The van der Waals surface area contributed by atoms with Crippen LogP contribution in [-0.4, -0.2) is 40.6 Å². The Hall–Kier alpha value is -0.610. The van der Waals surface area contributed by atoms with E-state index >= 15 is 0 Å². The maximum Gasteiger partial charge on any atom is 0.321 e. The SMILES string of the molecule is CCC1CCC(C)N1CC(N)C(=O)O. The van der Waals surface area contributed by atoms with Crippen LogP contribution < -0.4 is 5.73 Å². The number of carboxylic acid groups (broad SMARTS) is 1. The van der Waals surface area contributed by atoms with Crippen LogP contribution in [0.15, 0.2) is 0 Å². The van der Waals surface area contributed by atoms with Crippen LogP contribution in [0.2, 0.25) is 0 Å². The maximum absolute atomic E-state index is 10.6. The predicted octanol–water partition coefficient (Wildman–Crippen LogP) is 0.661.